The number of benzene rings is 1. The summed E-state index contributed by atoms with van der Waals surface area (Å²) in [6.07, 6.45) is 0.152. The maximum atomic E-state index is 14.1. The lowest BCUT2D eigenvalue weighted by Crippen LogP contribution is -2.40. The molecule has 1 aliphatic heterocycles. The van der Waals surface area contributed by atoms with E-state index in [2.05, 4.69) is 9.88 Å². The first-order valence-corrected chi connectivity index (χ1v) is 14.4. The molecule has 3 fully saturated rings. The first-order valence-electron chi connectivity index (χ1n) is 14.0. The zero-order valence-corrected chi connectivity index (χ0v) is 23.9. The molecule has 3 unspecified atom stereocenters. The van der Waals surface area contributed by atoms with Crippen molar-refractivity contribution in [1.29, 1.82) is 0 Å². The summed E-state index contributed by atoms with van der Waals surface area (Å²) in [5.41, 5.74) is 1.31. The highest BCUT2D eigenvalue weighted by atomic mass is 35.5. The average molecular weight is 577 g/mol. The molecule has 2 heterocycles. The van der Waals surface area contributed by atoms with E-state index in [-0.39, 0.29) is 22.5 Å². The number of carbonyl (C=O) groups is 2. The van der Waals surface area contributed by atoms with Crippen molar-refractivity contribution in [2.75, 3.05) is 45.7 Å². The normalized spacial score (nSPS) is 22.1. The molecule has 1 saturated heterocycles. The molecule has 10 heteroatoms. The number of alkyl halides is 3. The number of rotatable bonds is 8. The lowest BCUT2D eigenvalue weighted by atomic mass is 9.90. The monoisotopic (exact) mass is 576 g/mol. The van der Waals surface area contributed by atoms with E-state index >= 15 is 0 Å². The predicted octanol–water partition coefficient (Wildman–Crippen LogP) is 5.97. The Balaban J connectivity index is 1.15. The first kappa shape index (κ1) is 28.7. The molecule has 1 aromatic carbocycles. The number of nitrogens with zero attached hydrogens (tertiary/aromatic N) is 4. The van der Waals surface area contributed by atoms with Crippen LogP contribution in [0.3, 0.4) is 0 Å². The Bertz CT molecular complexity index is 1260. The van der Waals surface area contributed by atoms with Crippen LogP contribution in [-0.4, -0.2) is 73.6 Å². The summed E-state index contributed by atoms with van der Waals surface area (Å²) in [4.78, 5) is 34.7. The lowest BCUT2D eigenvalue weighted by Gasteiger charge is -2.33. The number of anilines is 1. The number of piperidine rings is 1. The van der Waals surface area contributed by atoms with Crippen molar-refractivity contribution in [3.8, 4) is 0 Å². The van der Waals surface area contributed by atoms with E-state index in [0.29, 0.717) is 29.9 Å². The van der Waals surface area contributed by atoms with E-state index in [4.69, 9.17) is 11.6 Å². The summed E-state index contributed by atoms with van der Waals surface area (Å²) < 4.78 is 42.3. The number of pyridine rings is 1. The van der Waals surface area contributed by atoms with Crippen LogP contribution in [0.4, 0.5) is 19.0 Å². The fourth-order valence-electron chi connectivity index (χ4n) is 6.16. The van der Waals surface area contributed by atoms with E-state index in [1.807, 2.05) is 12.1 Å². The smallest absolute Gasteiger partial charge is 0.357 e. The van der Waals surface area contributed by atoms with Gasteiger partial charge in [-0.05, 0) is 79.0 Å². The third kappa shape index (κ3) is 6.24. The minimum absolute atomic E-state index is 0.0429. The van der Waals surface area contributed by atoms with Crippen molar-refractivity contribution in [2.24, 2.45) is 17.8 Å². The Morgan fingerprint density at radius 2 is 1.77 bits per heavy atom. The number of hydrogen-bond acceptors (Lipinski definition) is 4. The molecule has 2 amide bonds. The zero-order valence-electron chi connectivity index (χ0n) is 23.1. The van der Waals surface area contributed by atoms with Crippen molar-refractivity contribution in [1.82, 2.24) is 14.8 Å². The molecule has 2 aliphatic carbocycles. The van der Waals surface area contributed by atoms with Gasteiger partial charge < -0.3 is 14.7 Å². The molecule has 3 aliphatic rings. The van der Waals surface area contributed by atoms with Gasteiger partial charge in [-0.1, -0.05) is 35.9 Å². The second-order valence-corrected chi connectivity index (χ2v) is 12.2. The van der Waals surface area contributed by atoms with Crippen molar-refractivity contribution in [2.45, 2.75) is 50.1 Å². The third-order valence-electron chi connectivity index (χ3n) is 8.67. The van der Waals surface area contributed by atoms with Crippen LogP contribution < -0.4 is 4.90 Å². The van der Waals surface area contributed by atoms with Gasteiger partial charge in [0, 0.05) is 40.8 Å². The molecule has 1 aromatic heterocycles. The summed E-state index contributed by atoms with van der Waals surface area (Å²) in [5, 5.41) is 0.185. The van der Waals surface area contributed by atoms with Crippen LogP contribution in [0.15, 0.2) is 36.4 Å². The Labute approximate surface area is 238 Å². The van der Waals surface area contributed by atoms with E-state index in [1.54, 1.807) is 32.3 Å². The number of aromatic nitrogens is 1. The van der Waals surface area contributed by atoms with Crippen molar-refractivity contribution < 1.29 is 22.8 Å². The van der Waals surface area contributed by atoms with Crippen molar-refractivity contribution in [3.63, 3.8) is 0 Å². The lowest BCUT2D eigenvalue weighted by molar-refractivity contribution is -0.171. The molecule has 0 radical (unpaired) electrons. The minimum Gasteiger partial charge on any atom is -0.357 e. The minimum atomic E-state index is -4.64. The van der Waals surface area contributed by atoms with Gasteiger partial charge >= 0.3 is 6.18 Å². The topological polar surface area (TPSA) is 56.8 Å². The molecule has 0 spiro atoms. The molecule has 2 aromatic rings. The highest BCUT2D eigenvalue weighted by molar-refractivity contribution is 6.32. The molecule has 40 heavy (non-hydrogen) atoms. The van der Waals surface area contributed by atoms with Gasteiger partial charge in [-0.3, -0.25) is 9.59 Å². The summed E-state index contributed by atoms with van der Waals surface area (Å²) in [6, 6.07) is 10.0. The summed E-state index contributed by atoms with van der Waals surface area (Å²) in [7, 11) is 4.83. The molecular formula is C30H36ClF3N4O2. The Hall–Kier alpha value is -2.81. The number of halogens is 4. The highest BCUT2D eigenvalue weighted by Crippen LogP contribution is 2.49. The fourth-order valence-corrected chi connectivity index (χ4v) is 6.39. The number of amides is 2. The van der Waals surface area contributed by atoms with Gasteiger partial charge in [0.05, 0.1) is 5.56 Å². The molecular weight excluding hydrogens is 541 g/mol. The van der Waals surface area contributed by atoms with Gasteiger partial charge in [-0.2, -0.15) is 13.2 Å². The fraction of sp³-hybridized carbons (Fsp3) is 0.567. The molecule has 5 rings (SSSR count). The van der Waals surface area contributed by atoms with Crippen molar-refractivity contribution >= 4 is 29.2 Å². The van der Waals surface area contributed by atoms with Crippen LogP contribution in [0, 0.1) is 17.8 Å². The molecule has 0 bridgehead atoms. The Morgan fingerprint density at radius 1 is 1.07 bits per heavy atom. The van der Waals surface area contributed by atoms with E-state index in [1.165, 1.54) is 22.9 Å². The Morgan fingerprint density at radius 3 is 2.38 bits per heavy atom. The maximum absolute atomic E-state index is 14.1. The van der Waals surface area contributed by atoms with Crippen molar-refractivity contribution in [3.05, 3.63) is 58.2 Å². The number of likely N-dealkylation sites (N-methyl/N-ethyl adjacent to an activating group) is 1. The van der Waals surface area contributed by atoms with Gasteiger partial charge in [0.15, 0.2) is 5.92 Å². The largest absolute Gasteiger partial charge is 0.404 e. The van der Waals surface area contributed by atoms with Gasteiger partial charge in [0.25, 0.3) is 5.91 Å². The van der Waals surface area contributed by atoms with Crippen LogP contribution in [-0.2, 0) is 4.79 Å². The molecule has 3 atom stereocenters. The Kier molecular flexibility index (Phi) is 8.06. The van der Waals surface area contributed by atoms with Gasteiger partial charge in [0.2, 0.25) is 5.91 Å². The second kappa shape index (κ2) is 11.2. The molecule has 216 valence electrons. The molecule has 6 nitrogen and oxygen atoms in total. The predicted molar refractivity (Wildman–Crippen MR) is 149 cm³/mol. The summed E-state index contributed by atoms with van der Waals surface area (Å²) in [6.45, 7) is 1.93. The standard InChI is InChI=1S/C30H36ClF3N4O2/c1-36(2)28(39)23-9-10-25(35-27(23)31)38-13-11-19(12-14-38)24-16-22(24)17-37(3)29(40)26(30(32,33)34)21-6-4-5-20(15-21)18-7-8-18/h4-6,9-10,15,18-19,22,24,26H,7-8,11-14,16-17H2,1-3H3. The van der Waals surface area contributed by atoms with Gasteiger partial charge in [-0.25, -0.2) is 4.98 Å². The van der Waals surface area contributed by atoms with Gasteiger partial charge in [-0.15, -0.1) is 0 Å². The van der Waals surface area contributed by atoms with Gasteiger partial charge in [0.1, 0.15) is 11.0 Å². The quantitative estimate of drug-likeness (QED) is 0.363. The van der Waals surface area contributed by atoms with Crippen LogP contribution in [0.1, 0.15) is 65.4 Å². The van der Waals surface area contributed by atoms with Crippen LogP contribution in [0.2, 0.25) is 5.15 Å². The third-order valence-corrected chi connectivity index (χ3v) is 8.96. The summed E-state index contributed by atoms with van der Waals surface area (Å²) in [5.74, 6) is -1.05. The number of hydrogen-bond donors (Lipinski definition) is 0. The average Bonchev–Trinajstić information content (AvgIpc) is 3.83. The molecule has 2 saturated carbocycles. The van der Waals surface area contributed by atoms with Crippen LogP contribution in [0.5, 0.6) is 0 Å². The first-order chi connectivity index (χ1) is 18.9. The van der Waals surface area contributed by atoms with Crippen LogP contribution in [0.25, 0.3) is 0 Å². The zero-order chi connectivity index (χ0) is 28.8. The van der Waals surface area contributed by atoms with E-state index in [0.717, 1.165) is 56.6 Å². The van der Waals surface area contributed by atoms with E-state index in [9.17, 15) is 22.8 Å². The highest BCUT2D eigenvalue weighted by Gasteiger charge is 2.49. The molecule has 0 N–H and O–H groups in total. The van der Waals surface area contributed by atoms with E-state index < -0.39 is 18.0 Å². The SMILES string of the molecule is CN(C)C(=O)c1ccc(N2CCC(C3CC3CN(C)C(=O)C(c3cccc(C4CC4)c3)C(F)(F)F)CC2)nc1Cl. The summed E-state index contributed by atoms with van der Waals surface area (Å²) >= 11 is 6.30. The number of carbonyl (C=O) groups excluding carboxylic acids is 2. The van der Waals surface area contributed by atoms with Crippen LogP contribution >= 0.6 is 11.6 Å². The maximum Gasteiger partial charge on any atom is 0.404 e. The second-order valence-electron chi connectivity index (χ2n) is 11.8.